The zero-order valence-electron chi connectivity index (χ0n) is 13.2. The molecule has 0 aliphatic heterocycles. The quantitative estimate of drug-likeness (QED) is 0.549. The molecule has 0 aliphatic rings. The van der Waals surface area contributed by atoms with Crippen molar-refractivity contribution in [3.8, 4) is 11.4 Å². The summed E-state index contributed by atoms with van der Waals surface area (Å²) in [5, 5.41) is 6.12. The third kappa shape index (κ3) is 3.78. The van der Waals surface area contributed by atoms with E-state index < -0.39 is 23.6 Å². The normalized spacial score (nSPS) is 11.7. The zero-order valence-corrected chi connectivity index (χ0v) is 14.0. The zero-order chi connectivity index (χ0) is 18.5. The van der Waals surface area contributed by atoms with E-state index in [0.717, 1.165) is 11.7 Å². The van der Waals surface area contributed by atoms with Gasteiger partial charge < -0.3 is 15.6 Å². The van der Waals surface area contributed by atoms with Crippen LogP contribution in [-0.4, -0.2) is 42.5 Å². The van der Waals surface area contributed by atoms with Crippen molar-refractivity contribution in [2.45, 2.75) is 12.5 Å². The Morgan fingerprint density at radius 1 is 1.23 bits per heavy atom. The molecule has 0 aliphatic carbocycles. The highest BCUT2D eigenvalue weighted by molar-refractivity contribution is 6.99. The highest BCUT2D eigenvalue weighted by Gasteiger charge is 2.29. The van der Waals surface area contributed by atoms with Gasteiger partial charge in [0.25, 0.3) is 11.8 Å². The maximum atomic E-state index is 12.6. The van der Waals surface area contributed by atoms with E-state index in [1.54, 1.807) is 24.4 Å². The highest BCUT2D eigenvalue weighted by atomic mass is 32.1. The average Bonchev–Trinajstić information content (AvgIpc) is 3.32. The molecule has 3 heterocycles. The Balaban J connectivity index is 1.83. The largest absolute Gasteiger partial charge is 0.365 e. The summed E-state index contributed by atoms with van der Waals surface area (Å²) in [7, 11) is 0. The number of nitrogens with two attached hydrogens (primary N) is 1. The molecule has 3 aromatic rings. The van der Waals surface area contributed by atoms with Crippen molar-refractivity contribution in [3.05, 3.63) is 48.1 Å². The SMILES string of the molecule is NC(=O)C(=O)C(Cc1ccon1)NC(=O)c1nsnc1-c1ccccn1. The first-order valence-electron chi connectivity index (χ1n) is 7.34. The number of rotatable bonds is 7. The van der Waals surface area contributed by atoms with Gasteiger partial charge in [-0.3, -0.25) is 19.4 Å². The van der Waals surface area contributed by atoms with Crippen LogP contribution in [0, 0.1) is 0 Å². The van der Waals surface area contributed by atoms with Crippen LogP contribution in [0.4, 0.5) is 0 Å². The minimum atomic E-state index is -1.21. The summed E-state index contributed by atoms with van der Waals surface area (Å²) in [4.78, 5) is 40.0. The van der Waals surface area contributed by atoms with Crippen molar-refractivity contribution in [3.63, 3.8) is 0 Å². The van der Waals surface area contributed by atoms with Crippen molar-refractivity contribution >= 4 is 29.3 Å². The van der Waals surface area contributed by atoms with E-state index in [2.05, 4.69) is 24.2 Å². The first-order valence-corrected chi connectivity index (χ1v) is 8.07. The van der Waals surface area contributed by atoms with Gasteiger partial charge in [0.05, 0.1) is 23.1 Å². The number of aromatic nitrogens is 4. The molecule has 132 valence electrons. The molecule has 0 fully saturated rings. The number of Topliss-reactive ketones (excluding diaryl/α,β-unsaturated/α-hetero) is 1. The predicted octanol–water partition coefficient (Wildman–Crippen LogP) is -0.0164. The topological polar surface area (TPSA) is 154 Å². The van der Waals surface area contributed by atoms with E-state index in [-0.39, 0.29) is 17.8 Å². The van der Waals surface area contributed by atoms with E-state index in [1.807, 2.05) is 0 Å². The molecule has 1 unspecified atom stereocenters. The van der Waals surface area contributed by atoms with Crippen LogP contribution in [0.15, 0.2) is 41.2 Å². The fourth-order valence-corrected chi connectivity index (χ4v) is 2.72. The van der Waals surface area contributed by atoms with Crippen molar-refractivity contribution < 1.29 is 18.9 Å². The maximum Gasteiger partial charge on any atom is 0.287 e. The molecule has 2 amide bonds. The van der Waals surface area contributed by atoms with Crippen molar-refractivity contribution in [1.29, 1.82) is 0 Å². The Kier molecular flexibility index (Phi) is 5.08. The summed E-state index contributed by atoms with van der Waals surface area (Å²) < 4.78 is 12.7. The number of primary amides is 1. The van der Waals surface area contributed by atoms with Crippen LogP contribution in [0.25, 0.3) is 11.4 Å². The minimum Gasteiger partial charge on any atom is -0.365 e. The predicted molar refractivity (Wildman–Crippen MR) is 88.8 cm³/mol. The second-order valence-electron chi connectivity index (χ2n) is 5.13. The van der Waals surface area contributed by atoms with E-state index in [0.29, 0.717) is 11.4 Å². The van der Waals surface area contributed by atoms with Crippen LogP contribution in [-0.2, 0) is 16.0 Å². The fourth-order valence-electron chi connectivity index (χ4n) is 2.17. The molecular weight excluding hydrogens is 360 g/mol. The number of carbonyl (C=O) groups excluding carboxylic acids is 3. The Hall–Kier alpha value is -3.47. The number of nitrogens with one attached hydrogen (secondary N) is 1. The maximum absolute atomic E-state index is 12.6. The number of hydrogen-bond acceptors (Lipinski definition) is 9. The monoisotopic (exact) mass is 372 g/mol. The van der Waals surface area contributed by atoms with E-state index >= 15 is 0 Å². The first kappa shape index (κ1) is 17.4. The molecule has 11 heteroatoms. The summed E-state index contributed by atoms with van der Waals surface area (Å²) in [5.41, 5.74) is 6.18. The summed E-state index contributed by atoms with van der Waals surface area (Å²) in [6.07, 6.45) is 2.81. The molecule has 10 nitrogen and oxygen atoms in total. The number of pyridine rings is 1. The molecule has 0 bridgehead atoms. The molecule has 3 N–H and O–H groups in total. The number of carbonyl (C=O) groups is 3. The van der Waals surface area contributed by atoms with Gasteiger partial charge in [-0.1, -0.05) is 11.2 Å². The van der Waals surface area contributed by atoms with E-state index in [9.17, 15) is 14.4 Å². The van der Waals surface area contributed by atoms with Crippen LogP contribution < -0.4 is 11.1 Å². The average molecular weight is 372 g/mol. The molecular formula is C15H12N6O4S. The van der Waals surface area contributed by atoms with Gasteiger partial charge >= 0.3 is 0 Å². The smallest absolute Gasteiger partial charge is 0.287 e. The summed E-state index contributed by atoms with van der Waals surface area (Å²) in [6, 6.07) is 5.45. The molecule has 0 saturated heterocycles. The van der Waals surface area contributed by atoms with Crippen LogP contribution in [0.3, 0.4) is 0 Å². The highest BCUT2D eigenvalue weighted by Crippen LogP contribution is 2.19. The lowest BCUT2D eigenvalue weighted by atomic mass is 10.1. The Morgan fingerprint density at radius 3 is 2.73 bits per heavy atom. The lowest BCUT2D eigenvalue weighted by Crippen LogP contribution is -2.47. The molecule has 0 radical (unpaired) electrons. The van der Waals surface area contributed by atoms with Gasteiger partial charge in [-0.25, -0.2) is 0 Å². The summed E-state index contributed by atoms with van der Waals surface area (Å²) in [5.74, 6) is -2.80. The number of amides is 2. The molecule has 26 heavy (non-hydrogen) atoms. The van der Waals surface area contributed by atoms with Gasteiger partial charge in [0, 0.05) is 18.7 Å². The molecule has 0 spiro atoms. The van der Waals surface area contributed by atoms with Gasteiger partial charge in [-0.2, -0.15) is 8.75 Å². The van der Waals surface area contributed by atoms with E-state index in [1.165, 1.54) is 12.3 Å². The van der Waals surface area contributed by atoms with Crippen molar-refractivity contribution in [2.75, 3.05) is 0 Å². The minimum absolute atomic E-state index is 0.00359. The molecule has 3 rings (SSSR count). The second kappa shape index (κ2) is 7.61. The molecule has 3 aromatic heterocycles. The van der Waals surface area contributed by atoms with Crippen LogP contribution in [0.2, 0.25) is 0 Å². The van der Waals surface area contributed by atoms with Gasteiger partial charge in [-0.15, -0.1) is 0 Å². The van der Waals surface area contributed by atoms with Gasteiger partial charge in [-0.05, 0) is 12.1 Å². The third-order valence-electron chi connectivity index (χ3n) is 3.38. The molecule has 0 saturated carbocycles. The van der Waals surface area contributed by atoms with Crippen LogP contribution in [0.5, 0.6) is 0 Å². The van der Waals surface area contributed by atoms with Gasteiger partial charge in [0.15, 0.2) is 5.69 Å². The van der Waals surface area contributed by atoms with Gasteiger partial charge in [0.2, 0.25) is 5.78 Å². The molecule has 0 aromatic carbocycles. The van der Waals surface area contributed by atoms with Crippen molar-refractivity contribution in [1.82, 2.24) is 24.2 Å². The summed E-state index contributed by atoms with van der Waals surface area (Å²) >= 11 is 0.832. The Morgan fingerprint density at radius 2 is 2.08 bits per heavy atom. The fraction of sp³-hybridized carbons (Fsp3) is 0.133. The third-order valence-corrected chi connectivity index (χ3v) is 3.91. The summed E-state index contributed by atoms with van der Waals surface area (Å²) in [6.45, 7) is 0. The standard InChI is InChI=1S/C15H12N6O4S/c16-14(23)13(22)10(7-8-4-6-25-19-8)18-15(24)12-11(20-26-21-12)9-3-1-2-5-17-9/h1-6,10H,7H2,(H2,16,23)(H,18,24). The Bertz CT molecular complexity index is 925. The number of ketones is 1. The first-order chi connectivity index (χ1) is 12.6. The molecule has 1 atom stereocenters. The van der Waals surface area contributed by atoms with Gasteiger partial charge in [0.1, 0.15) is 18.0 Å². The second-order valence-corrected chi connectivity index (χ2v) is 5.65. The van der Waals surface area contributed by atoms with Crippen LogP contribution in [0.1, 0.15) is 16.2 Å². The number of nitrogens with zero attached hydrogens (tertiary/aromatic N) is 4. The van der Waals surface area contributed by atoms with Crippen LogP contribution >= 0.6 is 11.7 Å². The van der Waals surface area contributed by atoms with E-state index in [4.69, 9.17) is 10.3 Å². The lowest BCUT2D eigenvalue weighted by molar-refractivity contribution is -0.137. The Labute approximate surface area is 150 Å². The lowest BCUT2D eigenvalue weighted by Gasteiger charge is -2.14. The van der Waals surface area contributed by atoms with Crippen molar-refractivity contribution in [2.24, 2.45) is 5.73 Å². The number of hydrogen-bond donors (Lipinski definition) is 2.